The van der Waals surface area contributed by atoms with Crippen LogP contribution in [0.2, 0.25) is 0 Å². The largest absolute Gasteiger partial charge is 0.492 e. The Hall–Kier alpha value is -2.85. The molecule has 176 valence electrons. The zero-order valence-corrected chi connectivity index (χ0v) is 18.9. The number of alkyl carbamates (subject to hydrolysis) is 1. The molecule has 10 heteroatoms. The smallest absolute Gasteiger partial charge is 0.445 e. The molecular formula is C23H26BF3N2O4. The van der Waals surface area contributed by atoms with Crippen LogP contribution in [-0.4, -0.2) is 35.9 Å². The first-order valence-corrected chi connectivity index (χ1v) is 10.4. The van der Waals surface area contributed by atoms with Gasteiger partial charge < -0.3 is 19.4 Å². The molecule has 1 amide bonds. The van der Waals surface area contributed by atoms with E-state index >= 15 is 0 Å². The van der Waals surface area contributed by atoms with Crippen LogP contribution in [0.4, 0.5) is 18.0 Å². The molecular weight excluding hydrogens is 436 g/mol. The Labute approximate surface area is 191 Å². The fourth-order valence-electron chi connectivity index (χ4n) is 3.05. The van der Waals surface area contributed by atoms with Crippen molar-refractivity contribution in [1.82, 2.24) is 10.3 Å². The van der Waals surface area contributed by atoms with Crippen LogP contribution in [0.3, 0.4) is 0 Å². The van der Waals surface area contributed by atoms with Gasteiger partial charge in [0.1, 0.15) is 6.61 Å². The summed E-state index contributed by atoms with van der Waals surface area (Å²) in [7, 11) is -0.876. The normalized spacial score (nSPS) is 17.7. The van der Waals surface area contributed by atoms with Crippen molar-refractivity contribution in [2.24, 2.45) is 0 Å². The van der Waals surface area contributed by atoms with E-state index in [1.54, 1.807) is 0 Å². The molecule has 1 aromatic heterocycles. The monoisotopic (exact) mass is 462 g/mol. The summed E-state index contributed by atoms with van der Waals surface area (Å²) in [5, 5.41) is 2.62. The SMILES string of the molecule is CC1(C)OB(C(=Cc2cncc(C(F)(F)F)c2)CNC(=O)OCc2ccccc2)OC1(C)C. The van der Waals surface area contributed by atoms with Crippen molar-refractivity contribution in [3.8, 4) is 0 Å². The average Bonchev–Trinajstić information content (AvgIpc) is 2.96. The molecule has 1 aliphatic rings. The van der Waals surface area contributed by atoms with Crippen molar-refractivity contribution in [3.05, 3.63) is 71.0 Å². The fraction of sp³-hybridized carbons (Fsp3) is 0.391. The summed E-state index contributed by atoms with van der Waals surface area (Å²) in [5.41, 5.74) is -0.766. The van der Waals surface area contributed by atoms with Gasteiger partial charge in [-0.1, -0.05) is 36.4 Å². The molecule has 0 saturated carbocycles. The van der Waals surface area contributed by atoms with Crippen molar-refractivity contribution in [2.75, 3.05) is 6.54 Å². The molecule has 0 radical (unpaired) electrons. The summed E-state index contributed by atoms with van der Waals surface area (Å²) < 4.78 is 56.6. The third kappa shape index (κ3) is 6.36. The number of aromatic nitrogens is 1. The number of rotatable bonds is 6. The first-order chi connectivity index (χ1) is 15.4. The number of nitrogens with one attached hydrogen (secondary N) is 1. The summed E-state index contributed by atoms with van der Waals surface area (Å²) in [6.45, 7) is 7.46. The highest BCUT2D eigenvalue weighted by Gasteiger charge is 2.52. The van der Waals surface area contributed by atoms with Crippen LogP contribution in [0, 0.1) is 0 Å². The molecule has 1 aliphatic heterocycles. The molecule has 1 N–H and O–H groups in total. The number of carbonyl (C=O) groups is 1. The zero-order chi connectivity index (χ0) is 24.3. The molecule has 1 saturated heterocycles. The minimum absolute atomic E-state index is 0.0549. The standard InChI is InChI=1S/C23H26BF3N2O4/c1-21(2)22(3,4)33-24(32-21)19(11-17-10-18(13-28-12-17)23(25,26)27)14-29-20(30)31-15-16-8-6-5-7-9-16/h5-13H,14-15H2,1-4H3,(H,29,30). The predicted molar refractivity (Wildman–Crippen MR) is 118 cm³/mol. The number of hydrogen-bond donors (Lipinski definition) is 1. The molecule has 2 heterocycles. The van der Waals surface area contributed by atoms with Crippen molar-refractivity contribution in [2.45, 2.75) is 51.7 Å². The number of carbonyl (C=O) groups excluding carboxylic acids is 1. The fourth-order valence-corrected chi connectivity index (χ4v) is 3.05. The Bertz CT molecular complexity index is 994. The lowest BCUT2D eigenvalue weighted by Gasteiger charge is -2.32. The Kier molecular flexibility index (Phi) is 7.19. The van der Waals surface area contributed by atoms with Gasteiger partial charge in [-0.25, -0.2) is 4.79 Å². The predicted octanol–water partition coefficient (Wildman–Crippen LogP) is 5.04. The molecule has 3 rings (SSSR count). The van der Waals surface area contributed by atoms with Gasteiger partial charge in [-0.2, -0.15) is 13.2 Å². The maximum absolute atomic E-state index is 13.1. The third-order valence-corrected chi connectivity index (χ3v) is 5.64. The molecule has 0 atom stereocenters. The van der Waals surface area contributed by atoms with Crippen LogP contribution in [0.5, 0.6) is 0 Å². The van der Waals surface area contributed by atoms with Gasteiger partial charge in [-0.05, 0) is 50.4 Å². The highest BCUT2D eigenvalue weighted by Crippen LogP contribution is 2.39. The lowest BCUT2D eigenvalue weighted by molar-refractivity contribution is -0.137. The Morgan fingerprint density at radius 1 is 1.12 bits per heavy atom. The minimum Gasteiger partial charge on any atom is -0.445 e. The second-order valence-corrected chi connectivity index (χ2v) is 8.73. The van der Waals surface area contributed by atoms with E-state index in [1.165, 1.54) is 12.3 Å². The van der Waals surface area contributed by atoms with E-state index < -0.39 is 36.2 Å². The average molecular weight is 462 g/mol. The summed E-state index contributed by atoms with van der Waals surface area (Å²) in [5.74, 6) is 0. The molecule has 0 spiro atoms. The molecule has 1 fully saturated rings. The molecule has 2 aromatic rings. The molecule has 1 aromatic carbocycles. The van der Waals surface area contributed by atoms with Gasteiger partial charge >= 0.3 is 19.4 Å². The van der Waals surface area contributed by atoms with E-state index in [-0.39, 0.29) is 18.7 Å². The quantitative estimate of drug-likeness (QED) is 0.610. The number of hydrogen-bond acceptors (Lipinski definition) is 5. The Morgan fingerprint density at radius 2 is 1.76 bits per heavy atom. The first kappa shape index (κ1) is 24.8. The lowest BCUT2D eigenvalue weighted by Crippen LogP contribution is -2.41. The second-order valence-electron chi connectivity index (χ2n) is 8.73. The highest BCUT2D eigenvalue weighted by molar-refractivity contribution is 6.56. The van der Waals surface area contributed by atoms with Gasteiger partial charge in [0.25, 0.3) is 0 Å². The highest BCUT2D eigenvalue weighted by atomic mass is 19.4. The van der Waals surface area contributed by atoms with Gasteiger partial charge in [0.2, 0.25) is 0 Å². The number of alkyl halides is 3. The Morgan fingerprint density at radius 3 is 2.36 bits per heavy atom. The van der Waals surface area contributed by atoms with Crippen molar-refractivity contribution in [1.29, 1.82) is 0 Å². The first-order valence-electron chi connectivity index (χ1n) is 10.4. The number of halogens is 3. The van der Waals surface area contributed by atoms with Crippen molar-refractivity contribution < 1.29 is 32.0 Å². The van der Waals surface area contributed by atoms with Gasteiger partial charge in [-0.3, -0.25) is 4.98 Å². The van der Waals surface area contributed by atoms with E-state index in [0.717, 1.165) is 17.8 Å². The van der Waals surface area contributed by atoms with E-state index in [4.69, 9.17) is 14.0 Å². The topological polar surface area (TPSA) is 69.7 Å². The Balaban J connectivity index is 1.78. The van der Waals surface area contributed by atoms with Gasteiger partial charge in [0, 0.05) is 18.9 Å². The number of ether oxygens (including phenoxy) is 1. The van der Waals surface area contributed by atoms with E-state index in [0.29, 0.717) is 5.47 Å². The number of benzene rings is 1. The number of pyridine rings is 1. The molecule has 33 heavy (non-hydrogen) atoms. The molecule has 0 aliphatic carbocycles. The van der Waals surface area contributed by atoms with Gasteiger partial charge in [0.15, 0.2) is 0 Å². The third-order valence-electron chi connectivity index (χ3n) is 5.64. The van der Waals surface area contributed by atoms with E-state index in [1.807, 2.05) is 58.0 Å². The van der Waals surface area contributed by atoms with Crippen LogP contribution in [0.25, 0.3) is 6.08 Å². The second kappa shape index (κ2) is 9.57. The van der Waals surface area contributed by atoms with Crippen LogP contribution in [0.15, 0.2) is 54.3 Å². The number of nitrogens with zero attached hydrogens (tertiary/aromatic N) is 1. The summed E-state index contributed by atoms with van der Waals surface area (Å²) in [6.07, 6.45) is -1.68. The minimum atomic E-state index is -4.53. The summed E-state index contributed by atoms with van der Waals surface area (Å²) in [6, 6.07) is 10.1. The van der Waals surface area contributed by atoms with Crippen LogP contribution < -0.4 is 5.32 Å². The van der Waals surface area contributed by atoms with E-state index in [9.17, 15) is 18.0 Å². The maximum atomic E-state index is 13.1. The number of amides is 1. The lowest BCUT2D eigenvalue weighted by atomic mass is 9.77. The van der Waals surface area contributed by atoms with Crippen LogP contribution >= 0.6 is 0 Å². The van der Waals surface area contributed by atoms with Crippen molar-refractivity contribution in [3.63, 3.8) is 0 Å². The van der Waals surface area contributed by atoms with Crippen LogP contribution in [0.1, 0.15) is 44.4 Å². The zero-order valence-electron chi connectivity index (χ0n) is 18.9. The van der Waals surface area contributed by atoms with Crippen molar-refractivity contribution >= 4 is 19.3 Å². The van der Waals surface area contributed by atoms with Gasteiger partial charge in [0.05, 0.1) is 16.8 Å². The van der Waals surface area contributed by atoms with E-state index in [2.05, 4.69) is 10.3 Å². The van der Waals surface area contributed by atoms with Crippen LogP contribution in [-0.2, 0) is 26.8 Å². The van der Waals surface area contributed by atoms with Gasteiger partial charge in [-0.15, -0.1) is 0 Å². The molecule has 0 bridgehead atoms. The molecule has 6 nitrogen and oxygen atoms in total. The summed E-state index contributed by atoms with van der Waals surface area (Å²) >= 11 is 0. The summed E-state index contributed by atoms with van der Waals surface area (Å²) in [4.78, 5) is 15.9. The molecule has 0 unspecified atom stereocenters. The maximum Gasteiger partial charge on any atom is 0.492 e.